The third-order valence-electron chi connectivity index (χ3n) is 3.60. The summed E-state index contributed by atoms with van der Waals surface area (Å²) in [5.74, 6) is 0.354. The van der Waals surface area contributed by atoms with Gasteiger partial charge in [-0.2, -0.15) is 5.26 Å². The van der Waals surface area contributed by atoms with Gasteiger partial charge in [0.05, 0.1) is 18.4 Å². The van der Waals surface area contributed by atoms with Crippen LogP contribution in [0, 0.1) is 18.3 Å². The predicted octanol–water partition coefficient (Wildman–Crippen LogP) is 3.65. The molecule has 0 unspecified atom stereocenters. The fourth-order valence-corrected chi connectivity index (χ4v) is 2.90. The first kappa shape index (κ1) is 16.6. The number of hydrogen-bond acceptors (Lipinski definition) is 6. The molecule has 2 heterocycles. The van der Waals surface area contributed by atoms with Gasteiger partial charge in [-0.1, -0.05) is 12.1 Å². The molecule has 0 aliphatic heterocycles. The summed E-state index contributed by atoms with van der Waals surface area (Å²) in [5, 5.41) is 14.5. The van der Waals surface area contributed by atoms with Gasteiger partial charge in [0.25, 0.3) is 5.91 Å². The average molecular weight is 350 g/mol. The number of benzene rings is 1. The zero-order chi connectivity index (χ0) is 17.8. The van der Waals surface area contributed by atoms with Crippen molar-refractivity contribution in [1.82, 2.24) is 9.97 Å². The molecule has 0 fully saturated rings. The monoisotopic (exact) mass is 350 g/mol. The van der Waals surface area contributed by atoms with Crippen LogP contribution < -0.4 is 10.1 Å². The summed E-state index contributed by atoms with van der Waals surface area (Å²) in [6, 6.07) is 11.1. The molecule has 2 aromatic heterocycles. The third kappa shape index (κ3) is 3.49. The quantitative estimate of drug-likeness (QED) is 0.776. The standard InChI is InChI=1S/C18H14N4O2S/c1-11-15(10-19)14(12-3-5-13(24-2)6-4-12)9-16(21-11)17(23)22-18-20-7-8-25-18/h3-9H,1-2H3,(H,20,22,23). The van der Waals surface area contributed by atoms with Crippen molar-refractivity contribution in [2.75, 3.05) is 12.4 Å². The topological polar surface area (TPSA) is 87.9 Å². The minimum absolute atomic E-state index is 0.234. The molecule has 1 N–H and O–H groups in total. The Kier molecular flexibility index (Phi) is 4.73. The van der Waals surface area contributed by atoms with Gasteiger partial charge in [-0.15, -0.1) is 11.3 Å². The largest absolute Gasteiger partial charge is 0.497 e. The first-order chi connectivity index (χ1) is 12.1. The van der Waals surface area contributed by atoms with Crippen molar-refractivity contribution in [3.8, 4) is 22.9 Å². The molecule has 0 saturated heterocycles. The molecular formula is C18H14N4O2S. The van der Waals surface area contributed by atoms with Crippen LogP contribution in [0.2, 0.25) is 0 Å². The van der Waals surface area contributed by atoms with E-state index in [1.807, 2.05) is 24.3 Å². The number of anilines is 1. The average Bonchev–Trinajstić information content (AvgIpc) is 3.14. The minimum atomic E-state index is -0.364. The van der Waals surface area contributed by atoms with Gasteiger partial charge >= 0.3 is 0 Å². The molecule has 124 valence electrons. The molecule has 3 rings (SSSR count). The van der Waals surface area contributed by atoms with Gasteiger partial charge < -0.3 is 4.74 Å². The molecule has 0 spiro atoms. The summed E-state index contributed by atoms with van der Waals surface area (Å²) in [7, 11) is 1.59. The van der Waals surface area contributed by atoms with E-state index in [1.165, 1.54) is 11.3 Å². The number of aryl methyl sites for hydroxylation is 1. The lowest BCUT2D eigenvalue weighted by molar-refractivity contribution is 0.102. The van der Waals surface area contributed by atoms with Crippen molar-refractivity contribution >= 4 is 22.4 Å². The number of rotatable bonds is 4. The van der Waals surface area contributed by atoms with E-state index < -0.39 is 0 Å². The number of nitriles is 1. The van der Waals surface area contributed by atoms with Crippen LogP contribution in [0.5, 0.6) is 5.75 Å². The van der Waals surface area contributed by atoms with Gasteiger partial charge in [0.15, 0.2) is 5.13 Å². The van der Waals surface area contributed by atoms with Gasteiger partial charge in [-0.05, 0) is 30.7 Å². The summed E-state index contributed by atoms with van der Waals surface area (Å²) in [6.07, 6.45) is 1.61. The van der Waals surface area contributed by atoms with Gasteiger partial charge in [0.2, 0.25) is 0 Å². The number of methoxy groups -OCH3 is 1. The SMILES string of the molecule is COc1ccc(-c2cc(C(=O)Nc3nccs3)nc(C)c2C#N)cc1. The Hall–Kier alpha value is -3.24. The number of carbonyl (C=O) groups is 1. The lowest BCUT2D eigenvalue weighted by atomic mass is 9.98. The number of hydrogen-bond donors (Lipinski definition) is 1. The predicted molar refractivity (Wildman–Crippen MR) is 95.7 cm³/mol. The molecule has 0 bridgehead atoms. The fourth-order valence-electron chi connectivity index (χ4n) is 2.37. The first-order valence-electron chi connectivity index (χ1n) is 7.39. The number of nitrogens with one attached hydrogen (secondary N) is 1. The van der Waals surface area contributed by atoms with Crippen LogP contribution in [0.25, 0.3) is 11.1 Å². The Labute approximate surface area is 148 Å². The van der Waals surface area contributed by atoms with E-state index in [1.54, 1.807) is 31.7 Å². The molecule has 1 aromatic carbocycles. The van der Waals surface area contributed by atoms with Crippen LogP contribution in [-0.2, 0) is 0 Å². The maximum atomic E-state index is 12.4. The molecule has 0 radical (unpaired) electrons. The number of thiazole rings is 1. The molecule has 7 heteroatoms. The van der Waals surface area contributed by atoms with Crippen molar-refractivity contribution in [3.05, 3.63) is 58.9 Å². The Bertz CT molecular complexity index is 944. The van der Waals surface area contributed by atoms with Crippen LogP contribution in [0.3, 0.4) is 0 Å². The Morgan fingerprint density at radius 2 is 2.08 bits per heavy atom. The second kappa shape index (κ2) is 7.11. The number of carbonyl (C=O) groups excluding carboxylic acids is 1. The van der Waals surface area contributed by atoms with Crippen molar-refractivity contribution in [1.29, 1.82) is 5.26 Å². The highest BCUT2D eigenvalue weighted by atomic mass is 32.1. The summed E-state index contributed by atoms with van der Waals surface area (Å²) in [5.41, 5.74) is 2.64. The van der Waals surface area contributed by atoms with E-state index in [2.05, 4.69) is 21.4 Å². The zero-order valence-electron chi connectivity index (χ0n) is 13.6. The number of pyridine rings is 1. The molecule has 25 heavy (non-hydrogen) atoms. The van der Waals surface area contributed by atoms with Gasteiger partial charge in [0, 0.05) is 17.1 Å². The van der Waals surface area contributed by atoms with Crippen molar-refractivity contribution in [3.63, 3.8) is 0 Å². The molecule has 3 aromatic rings. The molecule has 6 nitrogen and oxygen atoms in total. The number of aromatic nitrogens is 2. The van der Waals surface area contributed by atoms with E-state index in [-0.39, 0.29) is 11.6 Å². The number of nitrogens with zero attached hydrogens (tertiary/aromatic N) is 3. The maximum Gasteiger partial charge on any atom is 0.276 e. The van der Waals surface area contributed by atoms with E-state index in [0.29, 0.717) is 22.0 Å². The number of ether oxygens (including phenoxy) is 1. The molecule has 0 aliphatic rings. The highest BCUT2D eigenvalue weighted by Gasteiger charge is 2.16. The fraction of sp³-hybridized carbons (Fsp3) is 0.111. The van der Waals surface area contributed by atoms with Crippen LogP contribution >= 0.6 is 11.3 Å². The normalized spacial score (nSPS) is 10.1. The van der Waals surface area contributed by atoms with E-state index >= 15 is 0 Å². The minimum Gasteiger partial charge on any atom is -0.497 e. The van der Waals surface area contributed by atoms with Crippen molar-refractivity contribution < 1.29 is 9.53 Å². The lowest BCUT2D eigenvalue weighted by Gasteiger charge is -2.10. The third-order valence-corrected chi connectivity index (χ3v) is 4.29. The Balaban J connectivity index is 2.03. The van der Waals surface area contributed by atoms with Crippen LogP contribution in [0.1, 0.15) is 21.7 Å². The molecule has 0 aliphatic carbocycles. The summed E-state index contributed by atoms with van der Waals surface area (Å²) < 4.78 is 5.16. The summed E-state index contributed by atoms with van der Waals surface area (Å²) in [6.45, 7) is 1.71. The molecule has 0 saturated carbocycles. The molecule has 1 amide bonds. The molecular weight excluding hydrogens is 336 g/mol. The van der Waals surface area contributed by atoms with Crippen LogP contribution in [0.15, 0.2) is 41.9 Å². The van der Waals surface area contributed by atoms with Gasteiger partial charge in [0.1, 0.15) is 17.5 Å². The second-order valence-corrected chi connectivity index (χ2v) is 6.04. The van der Waals surface area contributed by atoms with Gasteiger partial charge in [-0.25, -0.2) is 9.97 Å². The smallest absolute Gasteiger partial charge is 0.276 e. The Morgan fingerprint density at radius 1 is 1.32 bits per heavy atom. The highest BCUT2D eigenvalue weighted by Crippen LogP contribution is 2.28. The van der Waals surface area contributed by atoms with Crippen molar-refractivity contribution in [2.24, 2.45) is 0 Å². The second-order valence-electron chi connectivity index (χ2n) is 5.15. The van der Waals surface area contributed by atoms with E-state index in [0.717, 1.165) is 11.3 Å². The lowest BCUT2D eigenvalue weighted by Crippen LogP contribution is -2.15. The Morgan fingerprint density at radius 3 is 2.68 bits per heavy atom. The van der Waals surface area contributed by atoms with Gasteiger partial charge in [-0.3, -0.25) is 10.1 Å². The maximum absolute atomic E-state index is 12.4. The molecule has 0 atom stereocenters. The highest BCUT2D eigenvalue weighted by molar-refractivity contribution is 7.13. The zero-order valence-corrected chi connectivity index (χ0v) is 14.4. The summed E-state index contributed by atoms with van der Waals surface area (Å²) >= 11 is 1.33. The number of amides is 1. The van der Waals surface area contributed by atoms with Crippen molar-refractivity contribution in [2.45, 2.75) is 6.92 Å². The van der Waals surface area contributed by atoms with E-state index in [9.17, 15) is 10.1 Å². The van der Waals surface area contributed by atoms with Crippen LogP contribution in [-0.4, -0.2) is 23.0 Å². The summed E-state index contributed by atoms with van der Waals surface area (Å²) in [4.78, 5) is 20.7. The first-order valence-corrected chi connectivity index (χ1v) is 8.27. The van der Waals surface area contributed by atoms with E-state index in [4.69, 9.17) is 4.74 Å². The van der Waals surface area contributed by atoms with Crippen LogP contribution in [0.4, 0.5) is 5.13 Å².